The molecule has 0 spiro atoms. The number of hydrogen-bond acceptors (Lipinski definition) is 4. The molecule has 130 valence electrons. The van der Waals surface area contributed by atoms with E-state index in [0.29, 0.717) is 11.8 Å². The van der Waals surface area contributed by atoms with E-state index < -0.39 is 0 Å². The second-order valence-electron chi connectivity index (χ2n) is 6.96. The quantitative estimate of drug-likeness (QED) is 0.677. The number of aryl methyl sites for hydroxylation is 2. The number of hydrogen-bond donors (Lipinski definition) is 0. The van der Waals surface area contributed by atoms with Crippen molar-refractivity contribution in [1.82, 2.24) is 9.88 Å². The van der Waals surface area contributed by atoms with Crippen LogP contribution in [0.25, 0.3) is 11.5 Å². The first-order valence-electron chi connectivity index (χ1n) is 8.97. The molecule has 0 N–H and O–H groups in total. The van der Waals surface area contributed by atoms with Crippen molar-refractivity contribution in [3.63, 3.8) is 0 Å². The Labute approximate surface area is 148 Å². The van der Waals surface area contributed by atoms with E-state index in [1.54, 1.807) is 12.5 Å². The first-order chi connectivity index (χ1) is 12.2. The van der Waals surface area contributed by atoms with Crippen LogP contribution in [0.3, 0.4) is 0 Å². The van der Waals surface area contributed by atoms with E-state index >= 15 is 0 Å². The van der Waals surface area contributed by atoms with Crippen molar-refractivity contribution < 1.29 is 8.83 Å². The lowest BCUT2D eigenvalue weighted by atomic mass is 9.88. The third kappa shape index (κ3) is 3.40. The van der Waals surface area contributed by atoms with Gasteiger partial charge in [-0.15, -0.1) is 0 Å². The Hall–Kier alpha value is -2.33. The molecule has 1 unspecified atom stereocenters. The second kappa shape index (κ2) is 6.89. The van der Waals surface area contributed by atoms with Crippen LogP contribution in [0.4, 0.5) is 0 Å². The zero-order valence-corrected chi connectivity index (χ0v) is 14.9. The van der Waals surface area contributed by atoms with E-state index in [1.165, 1.54) is 24.0 Å². The van der Waals surface area contributed by atoms with Gasteiger partial charge in [0.25, 0.3) is 0 Å². The molecule has 4 rings (SSSR count). The molecule has 1 aliphatic rings. The first kappa shape index (κ1) is 16.2. The summed E-state index contributed by atoms with van der Waals surface area (Å²) in [4.78, 5) is 7.20. The van der Waals surface area contributed by atoms with Gasteiger partial charge in [-0.3, -0.25) is 4.90 Å². The monoisotopic (exact) mass is 336 g/mol. The van der Waals surface area contributed by atoms with E-state index in [9.17, 15) is 0 Å². The number of furan rings is 1. The molecule has 2 aromatic heterocycles. The fraction of sp³-hybridized carbons (Fsp3) is 0.381. The number of likely N-dealkylation sites (tertiary alicyclic amines) is 1. The number of aromatic nitrogens is 1. The third-order valence-electron chi connectivity index (χ3n) is 5.17. The summed E-state index contributed by atoms with van der Waals surface area (Å²) in [5.41, 5.74) is 4.81. The van der Waals surface area contributed by atoms with Crippen LogP contribution in [0.1, 0.15) is 41.3 Å². The van der Waals surface area contributed by atoms with Crippen molar-refractivity contribution in [2.75, 3.05) is 13.1 Å². The van der Waals surface area contributed by atoms with Crippen LogP contribution in [0.15, 0.2) is 51.7 Å². The minimum Gasteiger partial charge on any atom is -0.472 e. The van der Waals surface area contributed by atoms with Crippen LogP contribution in [0.5, 0.6) is 0 Å². The van der Waals surface area contributed by atoms with Crippen molar-refractivity contribution in [2.45, 2.75) is 39.2 Å². The maximum Gasteiger partial charge on any atom is 0.229 e. The summed E-state index contributed by atoms with van der Waals surface area (Å²) in [6, 6.07) is 10.6. The Morgan fingerprint density at radius 3 is 2.88 bits per heavy atom. The smallest absolute Gasteiger partial charge is 0.229 e. The molecule has 0 saturated carbocycles. The molecule has 3 aromatic rings. The Morgan fingerprint density at radius 1 is 1.20 bits per heavy atom. The Kier molecular flexibility index (Phi) is 4.45. The number of oxazole rings is 1. The molecule has 0 radical (unpaired) electrons. The van der Waals surface area contributed by atoms with Gasteiger partial charge in [0.2, 0.25) is 5.89 Å². The summed E-state index contributed by atoms with van der Waals surface area (Å²) in [5, 5.41) is 0. The predicted octanol–water partition coefficient (Wildman–Crippen LogP) is 4.93. The molecule has 25 heavy (non-hydrogen) atoms. The number of rotatable bonds is 4. The van der Waals surface area contributed by atoms with Crippen molar-refractivity contribution in [2.24, 2.45) is 0 Å². The second-order valence-corrected chi connectivity index (χ2v) is 6.96. The van der Waals surface area contributed by atoms with E-state index in [0.717, 1.165) is 36.7 Å². The van der Waals surface area contributed by atoms with Gasteiger partial charge in [-0.25, -0.2) is 4.98 Å². The summed E-state index contributed by atoms with van der Waals surface area (Å²) in [6.45, 7) is 7.26. The average molecular weight is 336 g/mol. The molecular weight excluding hydrogens is 312 g/mol. The van der Waals surface area contributed by atoms with Crippen molar-refractivity contribution >= 4 is 0 Å². The lowest BCUT2D eigenvalue weighted by molar-refractivity contribution is 0.197. The number of benzene rings is 1. The maximum atomic E-state index is 5.83. The van der Waals surface area contributed by atoms with E-state index in [4.69, 9.17) is 13.8 Å². The summed E-state index contributed by atoms with van der Waals surface area (Å²) in [5.74, 6) is 2.15. The molecule has 4 heteroatoms. The zero-order chi connectivity index (χ0) is 17.2. The molecule has 1 saturated heterocycles. The van der Waals surface area contributed by atoms with Crippen LogP contribution in [0, 0.1) is 13.8 Å². The van der Waals surface area contributed by atoms with Gasteiger partial charge in [-0.05, 0) is 56.3 Å². The molecule has 1 aromatic carbocycles. The average Bonchev–Trinajstić information content (AvgIpc) is 3.26. The number of nitrogens with zero attached hydrogens (tertiary/aromatic N) is 2. The molecule has 1 atom stereocenters. The summed E-state index contributed by atoms with van der Waals surface area (Å²) in [7, 11) is 0. The largest absolute Gasteiger partial charge is 0.472 e. The highest BCUT2D eigenvalue weighted by atomic mass is 16.4. The van der Waals surface area contributed by atoms with E-state index in [-0.39, 0.29) is 0 Å². The maximum absolute atomic E-state index is 5.83. The van der Waals surface area contributed by atoms with Crippen molar-refractivity contribution in [1.29, 1.82) is 0 Å². The summed E-state index contributed by atoms with van der Waals surface area (Å²) < 4.78 is 11.0. The van der Waals surface area contributed by atoms with Crippen LogP contribution in [-0.2, 0) is 6.54 Å². The van der Waals surface area contributed by atoms with Crippen LogP contribution < -0.4 is 0 Å². The lowest BCUT2D eigenvalue weighted by Gasteiger charge is -2.33. The highest BCUT2D eigenvalue weighted by molar-refractivity contribution is 5.51. The Bertz CT molecular complexity index is 835. The highest BCUT2D eigenvalue weighted by Gasteiger charge is 2.24. The Morgan fingerprint density at radius 2 is 2.08 bits per heavy atom. The number of piperidine rings is 1. The molecule has 1 aliphatic heterocycles. The zero-order valence-electron chi connectivity index (χ0n) is 14.9. The van der Waals surface area contributed by atoms with Crippen LogP contribution in [-0.4, -0.2) is 23.0 Å². The minimum atomic E-state index is 0.607. The predicted molar refractivity (Wildman–Crippen MR) is 97.4 cm³/mol. The lowest BCUT2D eigenvalue weighted by Crippen LogP contribution is -2.34. The Balaban J connectivity index is 1.49. The van der Waals surface area contributed by atoms with Crippen LogP contribution >= 0.6 is 0 Å². The third-order valence-corrected chi connectivity index (χ3v) is 5.17. The fourth-order valence-electron chi connectivity index (χ4n) is 3.79. The van der Waals surface area contributed by atoms with Gasteiger partial charge in [-0.1, -0.05) is 24.3 Å². The normalized spacial score (nSPS) is 18.6. The molecule has 3 heterocycles. The van der Waals surface area contributed by atoms with Gasteiger partial charge >= 0.3 is 0 Å². The van der Waals surface area contributed by atoms with Gasteiger partial charge in [0.15, 0.2) is 0 Å². The van der Waals surface area contributed by atoms with E-state index in [2.05, 4.69) is 36.1 Å². The van der Waals surface area contributed by atoms with Crippen molar-refractivity contribution in [3.8, 4) is 11.5 Å². The van der Waals surface area contributed by atoms with Gasteiger partial charge in [0.1, 0.15) is 12.0 Å². The van der Waals surface area contributed by atoms with Gasteiger partial charge in [0, 0.05) is 13.1 Å². The van der Waals surface area contributed by atoms with Gasteiger partial charge in [-0.2, -0.15) is 0 Å². The SMILES string of the molecule is Cc1ccccc1C1CCCN(Cc2nc(-c3ccoc3)oc2C)C1. The topological polar surface area (TPSA) is 42.4 Å². The van der Waals surface area contributed by atoms with Gasteiger partial charge in [0.05, 0.1) is 17.5 Å². The standard InChI is InChI=1S/C21H24N2O2/c1-15-6-3-4-8-19(15)17-7-5-10-23(12-17)13-20-16(2)25-21(22-20)18-9-11-24-14-18/h3-4,6,8-9,11,14,17H,5,7,10,12-13H2,1-2H3. The molecule has 0 amide bonds. The van der Waals surface area contributed by atoms with Gasteiger partial charge < -0.3 is 8.83 Å². The molecular formula is C21H24N2O2. The van der Waals surface area contributed by atoms with Crippen LogP contribution in [0.2, 0.25) is 0 Å². The first-order valence-corrected chi connectivity index (χ1v) is 8.97. The fourth-order valence-corrected chi connectivity index (χ4v) is 3.79. The highest BCUT2D eigenvalue weighted by Crippen LogP contribution is 2.30. The summed E-state index contributed by atoms with van der Waals surface area (Å²) in [6.07, 6.45) is 5.81. The molecule has 4 nitrogen and oxygen atoms in total. The van der Waals surface area contributed by atoms with Crippen molar-refractivity contribution in [3.05, 3.63) is 65.4 Å². The molecule has 1 fully saturated rings. The summed E-state index contributed by atoms with van der Waals surface area (Å²) >= 11 is 0. The van der Waals surface area contributed by atoms with E-state index in [1.807, 2.05) is 13.0 Å². The minimum absolute atomic E-state index is 0.607. The molecule has 0 bridgehead atoms. The molecule has 0 aliphatic carbocycles.